The number of halogens is 4. The van der Waals surface area contributed by atoms with Crippen LogP contribution in [-0.4, -0.2) is 4.98 Å². The first kappa shape index (κ1) is 11.2. The summed E-state index contributed by atoms with van der Waals surface area (Å²) in [4.78, 5) is 3.54. The van der Waals surface area contributed by atoms with Gasteiger partial charge in [0.2, 0.25) is 0 Å². The molecule has 16 heavy (non-hydrogen) atoms. The summed E-state index contributed by atoms with van der Waals surface area (Å²) in [5.74, 6) is 0. The van der Waals surface area contributed by atoms with Gasteiger partial charge < -0.3 is 0 Å². The lowest BCUT2D eigenvalue weighted by molar-refractivity contribution is -0.140. The van der Waals surface area contributed by atoms with Gasteiger partial charge in [-0.25, -0.2) is 4.98 Å². The molecule has 5 heteroatoms. The Kier molecular flexibility index (Phi) is 2.54. The van der Waals surface area contributed by atoms with E-state index in [-0.39, 0.29) is 5.52 Å². The Bertz CT molecular complexity index is 549. The van der Waals surface area contributed by atoms with E-state index in [0.717, 1.165) is 11.6 Å². The van der Waals surface area contributed by atoms with E-state index in [0.29, 0.717) is 10.4 Å². The molecule has 1 nitrogen and oxygen atoms in total. The van der Waals surface area contributed by atoms with Gasteiger partial charge in [-0.3, -0.25) is 0 Å². The van der Waals surface area contributed by atoms with E-state index in [4.69, 9.17) is 11.6 Å². The second-order valence-electron chi connectivity index (χ2n) is 3.46. The number of rotatable bonds is 0. The van der Waals surface area contributed by atoms with Crippen molar-refractivity contribution in [1.82, 2.24) is 4.98 Å². The molecule has 0 amide bonds. The Morgan fingerprint density at radius 3 is 2.44 bits per heavy atom. The molecule has 0 saturated heterocycles. The van der Waals surface area contributed by atoms with Crippen LogP contribution in [0, 0.1) is 6.92 Å². The standard InChI is InChI=1S/C11H7ClF3N/c1-6-2-4-8-7(10(6)12)3-5-9(16-8)11(13,14)15/h2-5H,1H3. The maximum atomic E-state index is 12.4. The number of nitrogens with zero attached hydrogens (tertiary/aromatic N) is 1. The van der Waals surface area contributed by atoms with Crippen LogP contribution >= 0.6 is 11.6 Å². The summed E-state index contributed by atoms with van der Waals surface area (Å²) in [6, 6.07) is 5.47. The highest BCUT2D eigenvalue weighted by molar-refractivity contribution is 6.36. The van der Waals surface area contributed by atoms with Gasteiger partial charge in [0.25, 0.3) is 0 Å². The summed E-state index contributed by atoms with van der Waals surface area (Å²) in [7, 11) is 0. The zero-order chi connectivity index (χ0) is 11.9. The Balaban J connectivity index is 2.70. The average molecular weight is 246 g/mol. The van der Waals surface area contributed by atoms with Gasteiger partial charge in [0.15, 0.2) is 0 Å². The molecule has 1 aromatic heterocycles. The van der Waals surface area contributed by atoms with Crippen LogP contribution < -0.4 is 0 Å². The number of aryl methyl sites for hydroxylation is 1. The molecule has 2 rings (SSSR count). The molecule has 0 radical (unpaired) electrons. The van der Waals surface area contributed by atoms with Crippen LogP contribution in [0.3, 0.4) is 0 Å². The monoisotopic (exact) mass is 245 g/mol. The molecule has 0 aliphatic heterocycles. The number of fused-ring (bicyclic) bond motifs is 1. The second kappa shape index (κ2) is 3.63. The zero-order valence-electron chi connectivity index (χ0n) is 8.27. The minimum absolute atomic E-state index is 0.255. The van der Waals surface area contributed by atoms with Crippen molar-refractivity contribution in [3.8, 4) is 0 Å². The molecular formula is C11H7ClF3N. The molecule has 0 unspecified atom stereocenters. The van der Waals surface area contributed by atoms with E-state index < -0.39 is 11.9 Å². The first-order valence-electron chi connectivity index (χ1n) is 4.52. The zero-order valence-corrected chi connectivity index (χ0v) is 9.02. The number of alkyl halides is 3. The fraction of sp³-hybridized carbons (Fsp3) is 0.182. The molecule has 0 aliphatic rings. The van der Waals surface area contributed by atoms with Crippen molar-refractivity contribution in [2.75, 3.05) is 0 Å². The van der Waals surface area contributed by atoms with Crippen LogP contribution in [0.15, 0.2) is 24.3 Å². The first-order chi connectivity index (χ1) is 7.39. The minimum atomic E-state index is -4.43. The highest BCUT2D eigenvalue weighted by Gasteiger charge is 2.32. The van der Waals surface area contributed by atoms with Crippen molar-refractivity contribution in [2.24, 2.45) is 0 Å². The number of hydrogen-bond acceptors (Lipinski definition) is 1. The molecule has 1 aromatic carbocycles. The number of pyridine rings is 1. The van der Waals surface area contributed by atoms with E-state index in [1.807, 2.05) is 0 Å². The number of hydrogen-bond donors (Lipinski definition) is 0. The van der Waals surface area contributed by atoms with Gasteiger partial charge in [0, 0.05) is 5.39 Å². The topological polar surface area (TPSA) is 12.9 Å². The third-order valence-electron chi connectivity index (χ3n) is 2.29. The summed E-state index contributed by atoms with van der Waals surface area (Å²) >= 11 is 5.97. The molecule has 84 valence electrons. The van der Waals surface area contributed by atoms with Crippen LogP contribution in [-0.2, 0) is 6.18 Å². The van der Waals surface area contributed by atoms with Crippen LogP contribution in [0.2, 0.25) is 5.02 Å². The van der Waals surface area contributed by atoms with Crippen molar-refractivity contribution >= 4 is 22.5 Å². The fourth-order valence-corrected chi connectivity index (χ4v) is 1.66. The van der Waals surface area contributed by atoms with Crippen LogP contribution in [0.25, 0.3) is 10.9 Å². The van der Waals surface area contributed by atoms with Gasteiger partial charge in [0.05, 0.1) is 10.5 Å². The van der Waals surface area contributed by atoms with Crippen molar-refractivity contribution in [2.45, 2.75) is 13.1 Å². The molecule has 0 N–H and O–H groups in total. The molecule has 0 spiro atoms. The van der Waals surface area contributed by atoms with Gasteiger partial charge >= 0.3 is 6.18 Å². The van der Waals surface area contributed by atoms with Crippen LogP contribution in [0.1, 0.15) is 11.3 Å². The smallest absolute Gasteiger partial charge is 0.243 e. The number of benzene rings is 1. The predicted molar refractivity (Wildman–Crippen MR) is 56.5 cm³/mol. The molecule has 1 heterocycles. The van der Waals surface area contributed by atoms with E-state index in [1.54, 1.807) is 13.0 Å². The minimum Gasteiger partial charge on any atom is -0.243 e. The largest absolute Gasteiger partial charge is 0.433 e. The molecule has 0 atom stereocenters. The third kappa shape index (κ3) is 1.85. The Morgan fingerprint density at radius 1 is 1.12 bits per heavy atom. The average Bonchev–Trinajstić information content (AvgIpc) is 2.22. The van der Waals surface area contributed by atoms with Crippen LogP contribution in [0.5, 0.6) is 0 Å². The molecule has 2 aromatic rings. The van der Waals surface area contributed by atoms with Gasteiger partial charge in [-0.2, -0.15) is 13.2 Å². The van der Waals surface area contributed by atoms with Crippen molar-refractivity contribution < 1.29 is 13.2 Å². The maximum Gasteiger partial charge on any atom is 0.433 e. The van der Waals surface area contributed by atoms with Crippen LogP contribution in [0.4, 0.5) is 13.2 Å². The Morgan fingerprint density at radius 2 is 1.81 bits per heavy atom. The summed E-state index contributed by atoms with van der Waals surface area (Å²) in [5, 5.41) is 0.980. The number of aromatic nitrogens is 1. The third-order valence-corrected chi connectivity index (χ3v) is 2.79. The molecule has 0 saturated carbocycles. The van der Waals surface area contributed by atoms with E-state index in [9.17, 15) is 13.2 Å². The Labute approximate surface area is 94.9 Å². The van der Waals surface area contributed by atoms with Crippen molar-refractivity contribution in [3.63, 3.8) is 0 Å². The van der Waals surface area contributed by atoms with E-state index in [1.165, 1.54) is 12.1 Å². The normalized spacial score (nSPS) is 12.1. The maximum absolute atomic E-state index is 12.4. The van der Waals surface area contributed by atoms with Crippen molar-refractivity contribution in [3.05, 3.63) is 40.5 Å². The fourth-order valence-electron chi connectivity index (χ4n) is 1.43. The van der Waals surface area contributed by atoms with Crippen molar-refractivity contribution in [1.29, 1.82) is 0 Å². The van der Waals surface area contributed by atoms with Gasteiger partial charge in [-0.05, 0) is 30.7 Å². The van der Waals surface area contributed by atoms with Gasteiger partial charge in [-0.15, -0.1) is 0 Å². The van der Waals surface area contributed by atoms with Gasteiger partial charge in [0.1, 0.15) is 5.69 Å². The van der Waals surface area contributed by atoms with E-state index >= 15 is 0 Å². The lowest BCUT2D eigenvalue weighted by atomic mass is 10.1. The second-order valence-corrected chi connectivity index (χ2v) is 3.84. The van der Waals surface area contributed by atoms with Gasteiger partial charge in [-0.1, -0.05) is 17.7 Å². The highest BCUT2D eigenvalue weighted by Crippen LogP contribution is 2.31. The summed E-state index contributed by atoms with van der Waals surface area (Å²) in [5.41, 5.74) is 0.168. The molecule has 0 aliphatic carbocycles. The molecule has 0 fully saturated rings. The lowest BCUT2D eigenvalue weighted by Gasteiger charge is -2.08. The summed E-state index contributed by atoms with van der Waals surface area (Å²) in [6.07, 6.45) is -4.43. The summed E-state index contributed by atoms with van der Waals surface area (Å²) in [6.45, 7) is 1.79. The highest BCUT2D eigenvalue weighted by atomic mass is 35.5. The SMILES string of the molecule is Cc1ccc2nc(C(F)(F)F)ccc2c1Cl. The first-order valence-corrected chi connectivity index (χ1v) is 4.90. The molecular weight excluding hydrogens is 239 g/mol. The predicted octanol–water partition coefficient (Wildman–Crippen LogP) is 4.22. The molecule has 0 bridgehead atoms. The summed E-state index contributed by atoms with van der Waals surface area (Å²) < 4.78 is 37.2. The quantitative estimate of drug-likeness (QED) is 0.677. The lowest BCUT2D eigenvalue weighted by Crippen LogP contribution is -2.07. The Hall–Kier alpha value is -1.29. The van der Waals surface area contributed by atoms with E-state index in [2.05, 4.69) is 4.98 Å².